The Kier molecular flexibility index (Phi) is 3.31. The molecule has 132 valence electrons. The lowest BCUT2D eigenvalue weighted by Crippen LogP contribution is -2.12. The third kappa shape index (κ3) is 2.32. The number of hydrogen-bond acceptors (Lipinski definition) is 5. The summed E-state index contributed by atoms with van der Waals surface area (Å²) in [5.74, 6) is -0.688. The van der Waals surface area contributed by atoms with Gasteiger partial charge in [-0.1, -0.05) is 42.5 Å². The highest BCUT2D eigenvalue weighted by Crippen LogP contribution is 2.48. The highest BCUT2D eigenvalue weighted by Gasteiger charge is 2.45. The van der Waals surface area contributed by atoms with Crippen molar-refractivity contribution in [2.24, 2.45) is 0 Å². The monoisotopic (exact) mass is 358 g/mol. The molecule has 1 N–H and O–H groups in total. The number of cyclic esters (lactones) is 2. The van der Waals surface area contributed by atoms with Crippen molar-refractivity contribution in [2.75, 3.05) is 0 Å². The van der Waals surface area contributed by atoms with Crippen molar-refractivity contribution in [1.29, 1.82) is 0 Å². The number of carbonyl (C=O) groups is 2. The third-order valence-corrected chi connectivity index (χ3v) is 5.02. The van der Waals surface area contributed by atoms with Gasteiger partial charge in [0, 0.05) is 11.1 Å². The van der Waals surface area contributed by atoms with E-state index in [1.54, 1.807) is 48.5 Å². The Morgan fingerprint density at radius 2 is 1.30 bits per heavy atom. The fourth-order valence-corrected chi connectivity index (χ4v) is 3.79. The Morgan fingerprint density at radius 3 is 2.11 bits per heavy atom. The van der Waals surface area contributed by atoms with Crippen LogP contribution in [0.25, 0.3) is 11.1 Å². The Morgan fingerprint density at radius 1 is 0.667 bits per heavy atom. The van der Waals surface area contributed by atoms with E-state index in [2.05, 4.69) is 0 Å². The van der Waals surface area contributed by atoms with Gasteiger partial charge in [-0.15, -0.1) is 0 Å². The summed E-state index contributed by atoms with van der Waals surface area (Å²) in [6, 6.07) is 19.3. The Labute approximate surface area is 154 Å². The lowest BCUT2D eigenvalue weighted by molar-refractivity contribution is -0.0231. The molecule has 0 saturated heterocycles. The largest absolute Gasteiger partial charge is 0.508 e. The molecule has 3 aromatic rings. The summed E-state index contributed by atoms with van der Waals surface area (Å²) < 4.78 is 11.2. The second-order valence-corrected chi connectivity index (χ2v) is 6.55. The molecule has 0 spiro atoms. The number of fused-ring (bicyclic) bond motifs is 2. The lowest BCUT2D eigenvalue weighted by Gasteiger charge is -2.20. The molecule has 0 aromatic heterocycles. The summed E-state index contributed by atoms with van der Waals surface area (Å²) >= 11 is 0. The number of esters is 2. The highest BCUT2D eigenvalue weighted by molar-refractivity contribution is 5.98. The van der Waals surface area contributed by atoms with E-state index in [-0.39, 0.29) is 5.75 Å². The molecule has 0 fully saturated rings. The van der Waals surface area contributed by atoms with E-state index >= 15 is 0 Å². The molecule has 2 aliphatic heterocycles. The number of phenols is 1. The van der Waals surface area contributed by atoms with Crippen molar-refractivity contribution in [3.63, 3.8) is 0 Å². The minimum atomic E-state index is -0.717. The summed E-state index contributed by atoms with van der Waals surface area (Å²) in [5.41, 5.74) is 4.02. The van der Waals surface area contributed by atoms with Crippen LogP contribution in [0.5, 0.6) is 5.75 Å². The number of ether oxygens (including phenoxy) is 2. The predicted octanol–water partition coefficient (Wildman–Crippen LogP) is 4.18. The van der Waals surface area contributed by atoms with Crippen LogP contribution >= 0.6 is 0 Å². The van der Waals surface area contributed by atoms with Gasteiger partial charge in [-0.05, 0) is 35.4 Å². The first-order valence-corrected chi connectivity index (χ1v) is 8.56. The minimum absolute atomic E-state index is 0.161. The van der Waals surface area contributed by atoms with Gasteiger partial charge in [0.05, 0.1) is 11.1 Å². The van der Waals surface area contributed by atoms with E-state index in [9.17, 15) is 14.7 Å². The van der Waals surface area contributed by atoms with Crippen molar-refractivity contribution in [3.8, 4) is 16.9 Å². The molecule has 2 atom stereocenters. The van der Waals surface area contributed by atoms with Crippen molar-refractivity contribution < 1.29 is 24.2 Å². The topological polar surface area (TPSA) is 72.8 Å². The van der Waals surface area contributed by atoms with E-state index in [0.29, 0.717) is 22.3 Å². The molecule has 2 aliphatic rings. The van der Waals surface area contributed by atoms with E-state index < -0.39 is 24.1 Å². The molecule has 0 amide bonds. The Hall–Kier alpha value is -3.60. The van der Waals surface area contributed by atoms with E-state index in [0.717, 1.165) is 11.1 Å². The summed E-state index contributed by atoms with van der Waals surface area (Å²) in [4.78, 5) is 24.7. The van der Waals surface area contributed by atoms with Crippen LogP contribution in [0.4, 0.5) is 0 Å². The van der Waals surface area contributed by atoms with Crippen LogP contribution in [0, 0.1) is 0 Å². The van der Waals surface area contributed by atoms with Crippen molar-refractivity contribution >= 4 is 11.9 Å². The second kappa shape index (κ2) is 5.71. The summed E-state index contributed by atoms with van der Waals surface area (Å²) in [5, 5.41) is 9.57. The van der Waals surface area contributed by atoms with Gasteiger partial charge in [-0.25, -0.2) is 9.59 Å². The molecule has 0 bridgehead atoms. The fraction of sp³-hybridized carbons (Fsp3) is 0.0909. The maximum atomic E-state index is 12.5. The molecule has 27 heavy (non-hydrogen) atoms. The minimum Gasteiger partial charge on any atom is -0.508 e. The van der Waals surface area contributed by atoms with Crippen LogP contribution in [0.2, 0.25) is 0 Å². The van der Waals surface area contributed by atoms with Gasteiger partial charge in [-0.3, -0.25) is 0 Å². The molecular formula is C22H14O5. The number of rotatable bonds is 2. The zero-order valence-electron chi connectivity index (χ0n) is 14.1. The van der Waals surface area contributed by atoms with Crippen LogP contribution in [-0.2, 0) is 9.47 Å². The van der Waals surface area contributed by atoms with Crippen LogP contribution in [0.15, 0.2) is 66.7 Å². The van der Waals surface area contributed by atoms with Crippen LogP contribution in [0.1, 0.15) is 44.1 Å². The lowest BCUT2D eigenvalue weighted by atomic mass is 9.89. The molecule has 5 nitrogen and oxygen atoms in total. The molecule has 5 rings (SSSR count). The quantitative estimate of drug-likeness (QED) is 0.696. The maximum absolute atomic E-state index is 12.5. The van der Waals surface area contributed by atoms with Crippen molar-refractivity contribution in [2.45, 2.75) is 12.2 Å². The molecule has 0 radical (unpaired) electrons. The highest BCUT2D eigenvalue weighted by atomic mass is 16.6. The van der Waals surface area contributed by atoms with Crippen LogP contribution in [0.3, 0.4) is 0 Å². The second-order valence-electron chi connectivity index (χ2n) is 6.55. The third-order valence-electron chi connectivity index (χ3n) is 5.02. The van der Waals surface area contributed by atoms with Gasteiger partial charge < -0.3 is 14.6 Å². The zero-order valence-corrected chi connectivity index (χ0v) is 14.1. The molecule has 2 heterocycles. The smallest absolute Gasteiger partial charge is 0.339 e. The summed E-state index contributed by atoms with van der Waals surface area (Å²) in [6.45, 7) is 0. The summed E-state index contributed by atoms with van der Waals surface area (Å²) in [7, 11) is 0. The average molecular weight is 358 g/mol. The first-order chi connectivity index (χ1) is 13.1. The number of benzene rings is 3. The number of phenolic OH excluding ortho intramolecular Hbond substituents is 1. The number of carbonyl (C=O) groups excluding carboxylic acids is 2. The number of aromatic hydroxyl groups is 1. The van der Waals surface area contributed by atoms with Gasteiger partial charge in [0.15, 0.2) is 12.2 Å². The fourth-order valence-electron chi connectivity index (χ4n) is 3.79. The molecular weight excluding hydrogens is 344 g/mol. The Bertz CT molecular complexity index is 1080. The molecule has 5 heteroatoms. The van der Waals surface area contributed by atoms with Gasteiger partial charge in [0.25, 0.3) is 0 Å². The molecule has 0 aliphatic carbocycles. The molecule has 3 aromatic carbocycles. The zero-order chi connectivity index (χ0) is 18.5. The average Bonchev–Trinajstić information content (AvgIpc) is 3.20. The molecule has 2 unspecified atom stereocenters. The van der Waals surface area contributed by atoms with Crippen molar-refractivity contribution in [1.82, 2.24) is 0 Å². The predicted molar refractivity (Wildman–Crippen MR) is 96.3 cm³/mol. The van der Waals surface area contributed by atoms with Crippen LogP contribution in [-0.4, -0.2) is 17.0 Å². The van der Waals surface area contributed by atoms with Gasteiger partial charge >= 0.3 is 11.9 Å². The first kappa shape index (κ1) is 15.6. The van der Waals surface area contributed by atoms with Crippen molar-refractivity contribution in [3.05, 3.63) is 89.0 Å². The Balaban J connectivity index is 1.67. The van der Waals surface area contributed by atoms with Crippen LogP contribution < -0.4 is 0 Å². The number of hydrogen-bond donors (Lipinski definition) is 1. The van der Waals surface area contributed by atoms with Gasteiger partial charge in [0.2, 0.25) is 0 Å². The van der Waals surface area contributed by atoms with E-state index in [1.165, 1.54) is 0 Å². The maximum Gasteiger partial charge on any atom is 0.339 e. The molecule has 0 saturated carbocycles. The summed E-state index contributed by atoms with van der Waals surface area (Å²) in [6.07, 6.45) is -1.40. The van der Waals surface area contributed by atoms with Gasteiger partial charge in [-0.2, -0.15) is 0 Å². The standard InChI is InChI=1S/C22H14O5/c23-13-10-8-12(9-11-13)14-6-3-7-17-18(14)20(27-22(17)25)19-15-4-1-2-5-16(15)21(24)26-19/h1-11,19-20,23H. The first-order valence-electron chi connectivity index (χ1n) is 8.56. The normalized spacial score (nSPS) is 20.0. The van der Waals surface area contributed by atoms with E-state index in [4.69, 9.17) is 9.47 Å². The van der Waals surface area contributed by atoms with E-state index in [1.807, 2.05) is 18.2 Å². The van der Waals surface area contributed by atoms with Gasteiger partial charge in [0.1, 0.15) is 5.75 Å². The SMILES string of the molecule is O=C1OC(C2OC(=O)c3cccc(-c4ccc(O)cc4)c32)c2ccccc21.